The van der Waals surface area contributed by atoms with Crippen LogP contribution in [0.4, 0.5) is 0 Å². The number of nitrogens with zero attached hydrogens (tertiary/aromatic N) is 1. The molecule has 1 heterocycles. The Labute approximate surface area is 122 Å². The zero-order valence-corrected chi connectivity index (χ0v) is 11.8. The van der Waals surface area contributed by atoms with Gasteiger partial charge in [0.1, 0.15) is 0 Å². The molecule has 2 N–H and O–H groups in total. The number of carbonyl (C=O) groups is 3. The number of likely N-dealkylation sites (tertiary alicyclic amines) is 1. The summed E-state index contributed by atoms with van der Waals surface area (Å²) >= 11 is 0. The van der Waals surface area contributed by atoms with Gasteiger partial charge in [-0.3, -0.25) is 14.4 Å². The van der Waals surface area contributed by atoms with Gasteiger partial charge < -0.3 is 15.3 Å². The molecule has 0 radical (unpaired) electrons. The Morgan fingerprint density at radius 1 is 1.24 bits per heavy atom. The minimum atomic E-state index is -0.825. The fourth-order valence-corrected chi connectivity index (χ4v) is 2.29. The summed E-state index contributed by atoms with van der Waals surface area (Å²) in [5, 5.41) is 11.4. The van der Waals surface area contributed by atoms with Crippen molar-refractivity contribution in [2.75, 3.05) is 13.1 Å². The van der Waals surface area contributed by atoms with Crippen LogP contribution in [0.3, 0.4) is 0 Å². The molecule has 6 heteroatoms. The number of amides is 2. The maximum Gasteiger partial charge on any atom is 0.303 e. The first-order valence-corrected chi connectivity index (χ1v) is 6.80. The molecular weight excluding hydrogens is 272 g/mol. The molecule has 2 amide bonds. The van der Waals surface area contributed by atoms with E-state index in [1.165, 1.54) is 6.92 Å². The van der Waals surface area contributed by atoms with Gasteiger partial charge in [-0.25, -0.2) is 0 Å². The minimum Gasteiger partial charge on any atom is -0.481 e. The van der Waals surface area contributed by atoms with Crippen LogP contribution in [-0.4, -0.2) is 40.9 Å². The van der Waals surface area contributed by atoms with Crippen LogP contribution in [0.15, 0.2) is 24.3 Å². The first-order valence-electron chi connectivity index (χ1n) is 6.80. The van der Waals surface area contributed by atoms with E-state index in [1.54, 1.807) is 29.2 Å². The minimum absolute atomic E-state index is 0.0606. The Hall–Kier alpha value is -2.37. The van der Waals surface area contributed by atoms with Crippen LogP contribution in [0.2, 0.25) is 0 Å². The second kappa shape index (κ2) is 6.39. The fraction of sp³-hybridized carbons (Fsp3) is 0.400. The van der Waals surface area contributed by atoms with Crippen LogP contribution in [0, 0.1) is 5.92 Å². The van der Waals surface area contributed by atoms with E-state index in [1.807, 2.05) is 0 Å². The molecule has 1 fully saturated rings. The van der Waals surface area contributed by atoms with Crippen molar-refractivity contribution < 1.29 is 19.5 Å². The number of aliphatic carboxylic acids is 1. The largest absolute Gasteiger partial charge is 0.481 e. The molecule has 0 saturated carbocycles. The highest BCUT2D eigenvalue weighted by Gasteiger charge is 2.32. The van der Waals surface area contributed by atoms with E-state index in [0.717, 1.165) is 5.56 Å². The number of hydrogen-bond acceptors (Lipinski definition) is 3. The molecule has 1 aliphatic heterocycles. The molecule has 0 aromatic heterocycles. The lowest BCUT2D eigenvalue weighted by molar-refractivity contribution is -0.139. The molecule has 0 unspecified atom stereocenters. The summed E-state index contributed by atoms with van der Waals surface area (Å²) in [6.45, 7) is 2.89. The van der Waals surface area contributed by atoms with Crippen molar-refractivity contribution in [3.8, 4) is 0 Å². The number of carboxylic acid groups (broad SMARTS) is 1. The fourth-order valence-electron chi connectivity index (χ4n) is 2.29. The summed E-state index contributed by atoms with van der Waals surface area (Å²) in [4.78, 5) is 35.2. The Bertz CT molecular complexity index is 547. The number of benzene rings is 1. The van der Waals surface area contributed by atoms with Crippen LogP contribution < -0.4 is 5.32 Å². The van der Waals surface area contributed by atoms with Gasteiger partial charge in [-0.05, 0) is 17.7 Å². The third kappa shape index (κ3) is 4.05. The molecule has 1 aromatic carbocycles. The number of nitrogens with one attached hydrogen (secondary N) is 1. The maximum atomic E-state index is 12.1. The summed E-state index contributed by atoms with van der Waals surface area (Å²) in [6, 6.07) is 7.06. The maximum absolute atomic E-state index is 12.1. The summed E-state index contributed by atoms with van der Waals surface area (Å²) < 4.78 is 0. The van der Waals surface area contributed by atoms with Crippen molar-refractivity contribution in [3.63, 3.8) is 0 Å². The molecule has 112 valence electrons. The molecule has 0 spiro atoms. The average molecular weight is 290 g/mol. The van der Waals surface area contributed by atoms with Gasteiger partial charge in [-0.15, -0.1) is 0 Å². The van der Waals surface area contributed by atoms with Gasteiger partial charge in [-0.1, -0.05) is 12.1 Å². The van der Waals surface area contributed by atoms with Gasteiger partial charge >= 0.3 is 5.97 Å². The molecule has 0 atom stereocenters. The van der Waals surface area contributed by atoms with Crippen molar-refractivity contribution in [1.82, 2.24) is 10.2 Å². The number of rotatable bonds is 5. The van der Waals surface area contributed by atoms with Gasteiger partial charge in [0.2, 0.25) is 5.91 Å². The van der Waals surface area contributed by atoms with Crippen LogP contribution in [0.25, 0.3) is 0 Å². The van der Waals surface area contributed by atoms with Crippen molar-refractivity contribution in [3.05, 3.63) is 35.4 Å². The van der Waals surface area contributed by atoms with Crippen molar-refractivity contribution in [2.45, 2.75) is 19.9 Å². The highest BCUT2D eigenvalue weighted by Crippen LogP contribution is 2.21. The molecular formula is C15H18N2O4. The van der Waals surface area contributed by atoms with E-state index in [0.29, 0.717) is 25.2 Å². The van der Waals surface area contributed by atoms with Crippen molar-refractivity contribution in [1.29, 1.82) is 0 Å². The second-order valence-electron chi connectivity index (χ2n) is 5.28. The molecule has 0 aliphatic carbocycles. The van der Waals surface area contributed by atoms with E-state index in [2.05, 4.69) is 5.32 Å². The van der Waals surface area contributed by atoms with E-state index < -0.39 is 5.97 Å². The van der Waals surface area contributed by atoms with Gasteiger partial charge in [0.05, 0.1) is 6.42 Å². The highest BCUT2D eigenvalue weighted by atomic mass is 16.4. The predicted molar refractivity (Wildman–Crippen MR) is 75.6 cm³/mol. The number of carboxylic acids is 1. The quantitative estimate of drug-likeness (QED) is 0.842. The molecule has 2 rings (SSSR count). The zero-order chi connectivity index (χ0) is 15.4. The average Bonchev–Trinajstić information content (AvgIpc) is 2.39. The summed E-state index contributed by atoms with van der Waals surface area (Å²) in [7, 11) is 0. The normalized spacial score (nSPS) is 14.4. The third-order valence-electron chi connectivity index (χ3n) is 3.45. The Morgan fingerprint density at radius 2 is 1.86 bits per heavy atom. The van der Waals surface area contributed by atoms with Crippen molar-refractivity contribution >= 4 is 17.8 Å². The van der Waals surface area contributed by atoms with E-state index in [4.69, 9.17) is 5.11 Å². The van der Waals surface area contributed by atoms with Crippen LogP contribution in [0.5, 0.6) is 0 Å². The standard InChI is InChI=1S/C15H18N2O4/c1-10(18)16-7-11-2-4-13(5-3-11)15(21)17-8-12(9-17)6-14(19)20/h2-5,12H,6-9H2,1H3,(H,16,18)(H,19,20). The Kier molecular flexibility index (Phi) is 4.57. The summed E-state index contributed by atoms with van der Waals surface area (Å²) in [5.74, 6) is -0.942. The van der Waals surface area contributed by atoms with Crippen LogP contribution in [-0.2, 0) is 16.1 Å². The third-order valence-corrected chi connectivity index (χ3v) is 3.45. The summed E-state index contributed by atoms with van der Waals surface area (Å²) in [6.07, 6.45) is 0.111. The van der Waals surface area contributed by atoms with Crippen LogP contribution >= 0.6 is 0 Å². The Morgan fingerprint density at radius 3 is 2.38 bits per heavy atom. The summed E-state index contributed by atoms with van der Waals surface area (Å²) in [5.41, 5.74) is 1.50. The topological polar surface area (TPSA) is 86.7 Å². The van der Waals surface area contributed by atoms with Crippen LogP contribution in [0.1, 0.15) is 29.3 Å². The lowest BCUT2D eigenvalue weighted by atomic mass is 9.95. The first kappa shape index (κ1) is 15.0. The molecule has 1 aliphatic rings. The monoisotopic (exact) mass is 290 g/mol. The molecule has 6 nitrogen and oxygen atoms in total. The van der Waals surface area contributed by atoms with E-state index in [-0.39, 0.29) is 24.2 Å². The highest BCUT2D eigenvalue weighted by molar-refractivity contribution is 5.94. The number of hydrogen-bond donors (Lipinski definition) is 2. The van der Waals surface area contributed by atoms with Gasteiger partial charge in [0.15, 0.2) is 0 Å². The van der Waals surface area contributed by atoms with E-state index >= 15 is 0 Å². The molecule has 0 bridgehead atoms. The lowest BCUT2D eigenvalue weighted by Crippen LogP contribution is -2.50. The van der Waals surface area contributed by atoms with E-state index in [9.17, 15) is 14.4 Å². The Balaban J connectivity index is 1.86. The zero-order valence-electron chi connectivity index (χ0n) is 11.8. The predicted octanol–water partition coefficient (Wildman–Crippen LogP) is 0.869. The second-order valence-corrected chi connectivity index (χ2v) is 5.28. The number of carbonyl (C=O) groups excluding carboxylic acids is 2. The van der Waals surface area contributed by atoms with Crippen molar-refractivity contribution in [2.24, 2.45) is 5.92 Å². The molecule has 21 heavy (non-hydrogen) atoms. The SMILES string of the molecule is CC(=O)NCc1ccc(C(=O)N2CC(CC(=O)O)C2)cc1. The van der Waals surface area contributed by atoms with Gasteiger partial charge in [0, 0.05) is 38.0 Å². The van der Waals surface area contributed by atoms with Gasteiger partial charge in [-0.2, -0.15) is 0 Å². The molecule has 1 aromatic rings. The molecule has 1 saturated heterocycles. The first-order chi connectivity index (χ1) is 9.95. The van der Waals surface area contributed by atoms with Gasteiger partial charge in [0.25, 0.3) is 5.91 Å². The smallest absolute Gasteiger partial charge is 0.303 e. The lowest BCUT2D eigenvalue weighted by Gasteiger charge is -2.38.